The van der Waals surface area contributed by atoms with Crippen molar-refractivity contribution < 1.29 is 4.74 Å². The number of hydrogen-bond acceptors (Lipinski definition) is 4. The number of aromatic nitrogens is 4. The van der Waals surface area contributed by atoms with E-state index >= 15 is 0 Å². The Morgan fingerprint density at radius 2 is 2.23 bits per heavy atom. The van der Waals surface area contributed by atoms with Crippen LogP contribution in [0.2, 0.25) is 0 Å². The van der Waals surface area contributed by atoms with E-state index in [2.05, 4.69) is 9.97 Å². The number of fused-ring (bicyclic) bond motifs is 2. The zero-order chi connectivity index (χ0) is 15.1. The molecule has 0 fully saturated rings. The van der Waals surface area contributed by atoms with Crippen LogP contribution in [0.15, 0.2) is 35.6 Å². The van der Waals surface area contributed by atoms with Crippen LogP contribution in [0.1, 0.15) is 22.5 Å². The SMILES string of the molecule is Cc1ccc2nc(Cn3cnc4c(c3=O)COCC4)cn2c1. The summed E-state index contributed by atoms with van der Waals surface area (Å²) in [6, 6.07) is 4.00. The molecule has 0 amide bonds. The zero-order valence-corrected chi connectivity index (χ0v) is 12.3. The van der Waals surface area contributed by atoms with Crippen LogP contribution in [0.3, 0.4) is 0 Å². The summed E-state index contributed by atoms with van der Waals surface area (Å²) in [4.78, 5) is 21.4. The van der Waals surface area contributed by atoms with Crippen molar-refractivity contribution in [2.45, 2.75) is 26.5 Å². The lowest BCUT2D eigenvalue weighted by atomic mass is 10.1. The third kappa shape index (κ3) is 2.21. The molecule has 0 N–H and O–H groups in total. The second-order valence-corrected chi connectivity index (χ2v) is 5.61. The maximum absolute atomic E-state index is 12.5. The molecule has 0 radical (unpaired) electrons. The zero-order valence-electron chi connectivity index (χ0n) is 12.3. The van der Waals surface area contributed by atoms with E-state index in [1.165, 1.54) is 5.56 Å². The summed E-state index contributed by atoms with van der Waals surface area (Å²) < 4.78 is 8.95. The topological polar surface area (TPSA) is 61.4 Å². The third-order valence-corrected chi connectivity index (χ3v) is 3.93. The molecule has 6 nitrogen and oxygen atoms in total. The largest absolute Gasteiger partial charge is 0.376 e. The quantitative estimate of drug-likeness (QED) is 0.715. The Bertz CT molecular complexity index is 910. The lowest BCUT2D eigenvalue weighted by molar-refractivity contribution is 0.107. The van der Waals surface area contributed by atoms with Crippen LogP contribution < -0.4 is 5.56 Å². The lowest BCUT2D eigenvalue weighted by Crippen LogP contribution is -2.30. The molecule has 0 aromatic carbocycles. The highest BCUT2D eigenvalue weighted by Gasteiger charge is 2.16. The molecule has 112 valence electrons. The van der Waals surface area contributed by atoms with Crippen LogP contribution in [0.4, 0.5) is 0 Å². The van der Waals surface area contributed by atoms with E-state index in [1.807, 2.05) is 35.9 Å². The van der Waals surface area contributed by atoms with Gasteiger partial charge < -0.3 is 9.14 Å². The molecule has 0 atom stereocenters. The summed E-state index contributed by atoms with van der Waals surface area (Å²) in [5, 5.41) is 0. The number of hydrogen-bond donors (Lipinski definition) is 0. The van der Waals surface area contributed by atoms with Crippen LogP contribution in [0.25, 0.3) is 5.65 Å². The summed E-state index contributed by atoms with van der Waals surface area (Å²) in [7, 11) is 0. The Hall–Kier alpha value is -2.47. The molecule has 1 aliphatic heterocycles. The first-order chi connectivity index (χ1) is 10.7. The Kier molecular flexibility index (Phi) is 3.04. The molecule has 0 unspecified atom stereocenters. The number of rotatable bonds is 2. The number of pyridine rings is 1. The number of nitrogens with zero attached hydrogens (tertiary/aromatic N) is 4. The highest BCUT2D eigenvalue weighted by Crippen LogP contribution is 2.11. The van der Waals surface area contributed by atoms with Crippen molar-refractivity contribution in [1.82, 2.24) is 18.9 Å². The van der Waals surface area contributed by atoms with Crippen molar-refractivity contribution >= 4 is 5.65 Å². The first-order valence-corrected chi connectivity index (χ1v) is 7.30. The molecule has 3 aromatic heterocycles. The summed E-state index contributed by atoms with van der Waals surface area (Å²) in [5.74, 6) is 0. The fourth-order valence-electron chi connectivity index (χ4n) is 2.79. The molecule has 0 aliphatic carbocycles. The smallest absolute Gasteiger partial charge is 0.259 e. The highest BCUT2D eigenvalue weighted by atomic mass is 16.5. The highest BCUT2D eigenvalue weighted by molar-refractivity contribution is 5.41. The Morgan fingerprint density at radius 3 is 3.14 bits per heavy atom. The first kappa shape index (κ1) is 13.2. The van der Waals surface area contributed by atoms with Crippen molar-refractivity contribution in [3.05, 3.63) is 63.7 Å². The van der Waals surface area contributed by atoms with E-state index < -0.39 is 0 Å². The van der Waals surface area contributed by atoms with Crippen LogP contribution in [0, 0.1) is 6.92 Å². The minimum atomic E-state index is -0.0297. The van der Waals surface area contributed by atoms with E-state index in [0.717, 1.165) is 17.0 Å². The van der Waals surface area contributed by atoms with Gasteiger partial charge in [0, 0.05) is 18.8 Å². The van der Waals surface area contributed by atoms with Gasteiger partial charge in [-0.2, -0.15) is 0 Å². The fourth-order valence-corrected chi connectivity index (χ4v) is 2.79. The van der Waals surface area contributed by atoms with Crippen molar-refractivity contribution in [1.29, 1.82) is 0 Å². The second kappa shape index (κ2) is 5.06. The van der Waals surface area contributed by atoms with Crippen molar-refractivity contribution in [3.63, 3.8) is 0 Å². The molecule has 3 aromatic rings. The van der Waals surface area contributed by atoms with E-state index in [0.29, 0.717) is 31.7 Å². The van der Waals surface area contributed by atoms with E-state index in [4.69, 9.17) is 4.74 Å². The second-order valence-electron chi connectivity index (χ2n) is 5.61. The monoisotopic (exact) mass is 296 g/mol. The molecular formula is C16H16N4O2. The average molecular weight is 296 g/mol. The van der Waals surface area contributed by atoms with Gasteiger partial charge in [-0.25, -0.2) is 9.97 Å². The van der Waals surface area contributed by atoms with E-state index in [9.17, 15) is 4.79 Å². The van der Waals surface area contributed by atoms with E-state index in [-0.39, 0.29) is 5.56 Å². The van der Waals surface area contributed by atoms with Crippen LogP contribution in [0.5, 0.6) is 0 Å². The standard InChI is InChI=1S/C16H16N4O2/c1-11-2-3-15-18-12(7-19(15)6-11)8-20-10-17-14-4-5-22-9-13(14)16(20)21/h2-3,6-7,10H,4-5,8-9H2,1H3. The maximum atomic E-state index is 12.5. The molecule has 22 heavy (non-hydrogen) atoms. The summed E-state index contributed by atoms with van der Waals surface area (Å²) in [6.07, 6.45) is 6.29. The number of imidazole rings is 1. The number of ether oxygens (including phenoxy) is 1. The van der Waals surface area contributed by atoms with Crippen LogP contribution in [-0.4, -0.2) is 25.5 Å². The van der Waals surface area contributed by atoms with Gasteiger partial charge in [0.1, 0.15) is 5.65 Å². The average Bonchev–Trinajstić information content (AvgIpc) is 2.92. The van der Waals surface area contributed by atoms with Crippen molar-refractivity contribution in [2.24, 2.45) is 0 Å². The van der Waals surface area contributed by atoms with Crippen LogP contribution >= 0.6 is 0 Å². The first-order valence-electron chi connectivity index (χ1n) is 7.30. The molecule has 0 saturated heterocycles. The molecule has 4 heterocycles. The molecule has 4 rings (SSSR count). The van der Waals surface area contributed by atoms with Crippen molar-refractivity contribution in [3.8, 4) is 0 Å². The predicted octanol–water partition coefficient (Wildman–Crippen LogP) is 1.32. The van der Waals surface area contributed by atoms with Crippen LogP contribution in [-0.2, 0) is 24.3 Å². The van der Waals surface area contributed by atoms with Gasteiger partial charge in [-0.3, -0.25) is 9.36 Å². The van der Waals surface area contributed by atoms with Gasteiger partial charge in [-0.15, -0.1) is 0 Å². The van der Waals surface area contributed by atoms with Gasteiger partial charge in [-0.05, 0) is 18.6 Å². The number of aryl methyl sites for hydroxylation is 1. The summed E-state index contributed by atoms with van der Waals surface area (Å²) in [6.45, 7) is 3.44. The van der Waals surface area contributed by atoms with E-state index in [1.54, 1.807) is 10.9 Å². The normalized spacial score (nSPS) is 14.2. The summed E-state index contributed by atoms with van der Waals surface area (Å²) >= 11 is 0. The Labute approximate surface area is 127 Å². The molecule has 0 bridgehead atoms. The molecule has 6 heteroatoms. The molecule has 0 saturated carbocycles. The third-order valence-electron chi connectivity index (χ3n) is 3.93. The predicted molar refractivity (Wildman–Crippen MR) is 80.9 cm³/mol. The summed E-state index contributed by atoms with van der Waals surface area (Å²) in [5.41, 5.74) is 4.39. The molecular weight excluding hydrogens is 280 g/mol. The van der Waals surface area contributed by atoms with Gasteiger partial charge in [-0.1, -0.05) is 6.07 Å². The molecule has 1 aliphatic rings. The maximum Gasteiger partial charge on any atom is 0.259 e. The Balaban J connectivity index is 1.71. The molecule has 0 spiro atoms. The van der Waals surface area contributed by atoms with Gasteiger partial charge in [0.05, 0.1) is 43.0 Å². The lowest BCUT2D eigenvalue weighted by Gasteiger charge is -2.15. The minimum Gasteiger partial charge on any atom is -0.376 e. The fraction of sp³-hybridized carbons (Fsp3) is 0.312. The minimum absolute atomic E-state index is 0.0297. The Morgan fingerprint density at radius 1 is 1.32 bits per heavy atom. The van der Waals surface area contributed by atoms with Gasteiger partial charge in [0.25, 0.3) is 5.56 Å². The van der Waals surface area contributed by atoms with Gasteiger partial charge in [0.15, 0.2) is 0 Å². The van der Waals surface area contributed by atoms with Gasteiger partial charge >= 0.3 is 0 Å². The van der Waals surface area contributed by atoms with Gasteiger partial charge in [0.2, 0.25) is 0 Å². The van der Waals surface area contributed by atoms with Crippen molar-refractivity contribution in [2.75, 3.05) is 6.61 Å².